The lowest BCUT2D eigenvalue weighted by atomic mass is 10.1. The molecule has 2 aromatic rings. The number of rotatable bonds is 5. The normalized spacial score (nSPS) is 18.6. The monoisotopic (exact) mass is 289 g/mol. The van der Waals surface area contributed by atoms with Crippen molar-refractivity contribution >= 4 is 0 Å². The maximum atomic E-state index is 5.64. The fraction of sp³-hybridized carbons (Fsp3) is 0.467. The van der Waals surface area contributed by atoms with E-state index < -0.39 is 0 Å². The van der Waals surface area contributed by atoms with Crippen molar-refractivity contribution in [3.63, 3.8) is 0 Å². The first-order valence-corrected chi connectivity index (χ1v) is 7.11. The van der Waals surface area contributed by atoms with Crippen molar-refractivity contribution in [3.05, 3.63) is 41.5 Å². The van der Waals surface area contributed by atoms with Gasteiger partial charge in [-0.3, -0.25) is 0 Å². The molecule has 1 atom stereocenters. The van der Waals surface area contributed by atoms with Gasteiger partial charge >= 0.3 is 0 Å². The Labute approximate surface area is 123 Å². The average Bonchev–Trinajstić information content (AvgIpc) is 2.96. The molecule has 1 unspecified atom stereocenters. The largest absolute Gasteiger partial charge is 0.496 e. The number of morpholine rings is 1. The van der Waals surface area contributed by atoms with E-state index in [1.807, 2.05) is 24.3 Å². The summed E-state index contributed by atoms with van der Waals surface area (Å²) < 4.78 is 16.3. The molecule has 0 aliphatic carbocycles. The van der Waals surface area contributed by atoms with Crippen LogP contribution in [0.1, 0.15) is 17.3 Å². The number of nitrogens with zero attached hydrogens (tertiary/aromatic N) is 2. The minimum absolute atomic E-state index is 0.110. The molecule has 0 bridgehead atoms. The van der Waals surface area contributed by atoms with E-state index >= 15 is 0 Å². The van der Waals surface area contributed by atoms with Crippen LogP contribution in [0.25, 0.3) is 0 Å². The van der Waals surface area contributed by atoms with Crippen LogP contribution in [0.4, 0.5) is 0 Å². The number of aromatic nitrogens is 2. The van der Waals surface area contributed by atoms with Crippen LogP contribution in [0, 0.1) is 0 Å². The molecule has 2 heterocycles. The standard InChI is InChI=1S/C15H19N3O3/c1-19-13-5-3-2-4-11(13)8-14-17-15(21-18-14)9-12-10-16-6-7-20-12/h2-5,12,16H,6-10H2,1H3. The summed E-state index contributed by atoms with van der Waals surface area (Å²) in [6, 6.07) is 7.85. The van der Waals surface area contributed by atoms with E-state index in [1.165, 1.54) is 0 Å². The summed E-state index contributed by atoms with van der Waals surface area (Å²) in [5.41, 5.74) is 1.04. The van der Waals surface area contributed by atoms with E-state index in [4.69, 9.17) is 14.0 Å². The quantitative estimate of drug-likeness (QED) is 0.892. The van der Waals surface area contributed by atoms with Gasteiger partial charge in [-0.05, 0) is 6.07 Å². The molecule has 1 aliphatic heterocycles. The summed E-state index contributed by atoms with van der Waals surface area (Å²) in [6.45, 7) is 2.45. The maximum Gasteiger partial charge on any atom is 0.229 e. The summed E-state index contributed by atoms with van der Waals surface area (Å²) in [5.74, 6) is 2.12. The first kappa shape index (κ1) is 14.0. The molecule has 1 fully saturated rings. The third-order valence-electron chi connectivity index (χ3n) is 3.46. The molecule has 0 amide bonds. The van der Waals surface area contributed by atoms with Gasteiger partial charge in [-0.25, -0.2) is 0 Å². The smallest absolute Gasteiger partial charge is 0.229 e. The van der Waals surface area contributed by atoms with E-state index in [9.17, 15) is 0 Å². The van der Waals surface area contributed by atoms with E-state index in [0.29, 0.717) is 24.6 Å². The Bertz CT molecular complexity index is 579. The lowest BCUT2D eigenvalue weighted by Crippen LogP contribution is -2.39. The fourth-order valence-corrected chi connectivity index (χ4v) is 2.41. The molecule has 21 heavy (non-hydrogen) atoms. The summed E-state index contributed by atoms with van der Waals surface area (Å²) in [6.07, 6.45) is 1.35. The van der Waals surface area contributed by atoms with Gasteiger partial charge < -0.3 is 19.3 Å². The van der Waals surface area contributed by atoms with Gasteiger partial charge in [0.2, 0.25) is 5.89 Å². The number of nitrogens with one attached hydrogen (secondary N) is 1. The van der Waals surface area contributed by atoms with Gasteiger partial charge in [0.15, 0.2) is 5.82 Å². The van der Waals surface area contributed by atoms with E-state index in [0.717, 1.165) is 31.0 Å². The zero-order valence-corrected chi connectivity index (χ0v) is 12.0. The highest BCUT2D eigenvalue weighted by molar-refractivity contribution is 5.35. The zero-order valence-electron chi connectivity index (χ0n) is 12.0. The highest BCUT2D eigenvalue weighted by atomic mass is 16.5. The number of methoxy groups -OCH3 is 1. The van der Waals surface area contributed by atoms with Gasteiger partial charge in [0.25, 0.3) is 0 Å². The third-order valence-corrected chi connectivity index (χ3v) is 3.46. The molecule has 6 heteroatoms. The van der Waals surface area contributed by atoms with Crippen molar-refractivity contribution in [3.8, 4) is 5.75 Å². The highest BCUT2D eigenvalue weighted by Crippen LogP contribution is 2.20. The van der Waals surface area contributed by atoms with E-state index in [2.05, 4.69) is 15.5 Å². The summed E-state index contributed by atoms with van der Waals surface area (Å²) in [7, 11) is 1.66. The fourth-order valence-electron chi connectivity index (χ4n) is 2.41. The average molecular weight is 289 g/mol. The first-order valence-electron chi connectivity index (χ1n) is 7.11. The van der Waals surface area contributed by atoms with Gasteiger partial charge in [-0.2, -0.15) is 4.98 Å². The Hall–Kier alpha value is -1.92. The van der Waals surface area contributed by atoms with Crippen LogP contribution in [-0.2, 0) is 17.6 Å². The summed E-state index contributed by atoms with van der Waals surface area (Å²) in [4.78, 5) is 4.43. The summed E-state index contributed by atoms with van der Waals surface area (Å²) in [5, 5.41) is 7.32. The molecule has 0 radical (unpaired) electrons. The van der Waals surface area contributed by atoms with Gasteiger partial charge in [-0.1, -0.05) is 23.4 Å². The Morgan fingerprint density at radius 3 is 3.10 bits per heavy atom. The van der Waals surface area contributed by atoms with Crippen LogP contribution < -0.4 is 10.1 Å². The second-order valence-electron chi connectivity index (χ2n) is 4.99. The molecule has 1 aromatic carbocycles. The molecule has 1 saturated heterocycles. The SMILES string of the molecule is COc1ccccc1Cc1noc(CC2CNCCO2)n1. The van der Waals surface area contributed by atoms with E-state index in [-0.39, 0.29) is 6.10 Å². The van der Waals surface area contributed by atoms with Gasteiger partial charge in [0.05, 0.1) is 26.2 Å². The summed E-state index contributed by atoms with van der Waals surface area (Å²) >= 11 is 0. The Kier molecular flexibility index (Phi) is 4.47. The second kappa shape index (κ2) is 6.69. The van der Waals surface area contributed by atoms with Crippen LogP contribution in [0.2, 0.25) is 0 Å². The van der Waals surface area contributed by atoms with Gasteiger partial charge in [-0.15, -0.1) is 0 Å². The Morgan fingerprint density at radius 2 is 2.29 bits per heavy atom. The lowest BCUT2D eigenvalue weighted by molar-refractivity contribution is 0.0246. The molecule has 0 saturated carbocycles. The van der Waals surface area contributed by atoms with Crippen molar-refractivity contribution in [2.75, 3.05) is 26.8 Å². The van der Waals surface area contributed by atoms with Crippen LogP contribution in [0.3, 0.4) is 0 Å². The van der Waals surface area contributed by atoms with Gasteiger partial charge in [0, 0.05) is 25.1 Å². The number of ether oxygens (including phenoxy) is 2. The Balaban J connectivity index is 1.64. The molecule has 1 aliphatic rings. The van der Waals surface area contributed by atoms with Crippen LogP contribution in [0.5, 0.6) is 5.75 Å². The molecule has 0 spiro atoms. The van der Waals surface area contributed by atoms with Crippen LogP contribution in [0.15, 0.2) is 28.8 Å². The van der Waals surface area contributed by atoms with Crippen LogP contribution >= 0.6 is 0 Å². The van der Waals surface area contributed by atoms with Crippen molar-refractivity contribution in [1.29, 1.82) is 0 Å². The minimum atomic E-state index is 0.110. The van der Waals surface area contributed by atoms with Crippen LogP contribution in [-0.4, -0.2) is 43.1 Å². The molecule has 3 rings (SSSR count). The highest BCUT2D eigenvalue weighted by Gasteiger charge is 2.18. The van der Waals surface area contributed by atoms with Crippen molar-refractivity contribution in [2.45, 2.75) is 18.9 Å². The predicted octanol–water partition coefficient (Wildman–Crippen LogP) is 1.20. The predicted molar refractivity (Wildman–Crippen MR) is 76.4 cm³/mol. The topological polar surface area (TPSA) is 69.4 Å². The first-order chi connectivity index (χ1) is 10.3. The van der Waals surface area contributed by atoms with Crippen molar-refractivity contribution < 1.29 is 14.0 Å². The molecule has 112 valence electrons. The number of para-hydroxylation sites is 1. The molecule has 1 aromatic heterocycles. The maximum absolute atomic E-state index is 5.64. The Morgan fingerprint density at radius 1 is 1.38 bits per heavy atom. The van der Waals surface area contributed by atoms with Crippen molar-refractivity contribution in [1.82, 2.24) is 15.5 Å². The lowest BCUT2D eigenvalue weighted by Gasteiger charge is -2.21. The second-order valence-corrected chi connectivity index (χ2v) is 4.99. The number of benzene rings is 1. The van der Waals surface area contributed by atoms with E-state index in [1.54, 1.807) is 7.11 Å². The molecular formula is C15H19N3O3. The minimum Gasteiger partial charge on any atom is -0.496 e. The number of hydrogen-bond donors (Lipinski definition) is 1. The van der Waals surface area contributed by atoms with Gasteiger partial charge in [0.1, 0.15) is 5.75 Å². The molecule has 1 N–H and O–H groups in total. The zero-order chi connectivity index (χ0) is 14.5. The third kappa shape index (κ3) is 3.59. The number of hydrogen-bond acceptors (Lipinski definition) is 6. The van der Waals surface area contributed by atoms with Crippen molar-refractivity contribution in [2.24, 2.45) is 0 Å². The molecular weight excluding hydrogens is 270 g/mol. The molecule has 6 nitrogen and oxygen atoms in total.